The molecule has 0 aromatic carbocycles. The molecule has 32 valence electrons. The van der Waals surface area contributed by atoms with Crippen LogP contribution in [0.5, 0.6) is 0 Å². The first kappa shape index (κ1) is 17.2. The van der Waals surface area contributed by atoms with Crippen LogP contribution < -0.4 is 103 Å². The van der Waals surface area contributed by atoms with Crippen LogP contribution in [0.25, 0.3) is 0 Å². The molecule has 0 unspecified atom stereocenters. The third-order valence-corrected chi connectivity index (χ3v) is 1.000. The first-order valence-corrected chi connectivity index (χ1v) is 2.53. The van der Waals surface area contributed by atoms with E-state index in [0.717, 1.165) is 6.42 Å². The summed E-state index contributed by atoms with van der Waals surface area (Å²) in [4.78, 5) is 0. The Bertz CT molecular complexity index is 24.9. The second-order valence-corrected chi connectivity index (χ2v) is 2.27. The first-order valence-electron chi connectivity index (χ1n) is 1.59. The molecular formula is C3H6K2S2. The standard InChI is InChI=1S/C3H8S2.2K/c1-2-3(4)5;;/h3-5H,2H2,1H3;;/q;2*+1/p-2. The van der Waals surface area contributed by atoms with Crippen LogP contribution in [0.3, 0.4) is 0 Å². The van der Waals surface area contributed by atoms with Crippen LogP contribution in [0.4, 0.5) is 0 Å². The maximum Gasteiger partial charge on any atom is 1.00 e. The summed E-state index contributed by atoms with van der Waals surface area (Å²) in [6, 6.07) is 0. The van der Waals surface area contributed by atoms with Gasteiger partial charge in [-0.1, -0.05) is 13.3 Å². The summed E-state index contributed by atoms with van der Waals surface area (Å²) in [5.74, 6) is 0. The molecule has 0 aliphatic heterocycles. The third-order valence-electron chi connectivity index (χ3n) is 0.333. The molecule has 0 aliphatic carbocycles. The van der Waals surface area contributed by atoms with Crippen LogP contribution in [-0.2, 0) is 25.3 Å². The quantitative estimate of drug-likeness (QED) is 0.295. The fourth-order valence-corrected chi connectivity index (χ4v) is 0. The molecule has 0 aromatic rings. The molecule has 0 radical (unpaired) electrons. The molecule has 0 amide bonds. The van der Waals surface area contributed by atoms with Crippen molar-refractivity contribution in [1.29, 1.82) is 0 Å². The fourth-order valence-electron chi connectivity index (χ4n) is 0. The molecule has 0 nitrogen and oxygen atoms in total. The Balaban J connectivity index is -0.0000000800. The van der Waals surface area contributed by atoms with E-state index in [2.05, 4.69) is 25.3 Å². The van der Waals surface area contributed by atoms with Crippen LogP contribution in [0, 0.1) is 0 Å². The van der Waals surface area contributed by atoms with Gasteiger partial charge in [-0.3, -0.25) is 4.58 Å². The van der Waals surface area contributed by atoms with Gasteiger partial charge in [-0.25, -0.2) is 0 Å². The van der Waals surface area contributed by atoms with Crippen molar-refractivity contribution in [3.05, 3.63) is 0 Å². The maximum absolute atomic E-state index is 4.59. The third kappa shape index (κ3) is 17.8. The molecule has 0 N–H and O–H groups in total. The predicted molar refractivity (Wildman–Crippen MR) is 28.8 cm³/mol. The SMILES string of the molecule is CCC([S-])[S-].[K+].[K+]. The summed E-state index contributed by atoms with van der Waals surface area (Å²) in [7, 11) is 0. The summed E-state index contributed by atoms with van der Waals surface area (Å²) in [5, 5.41) is 0. The van der Waals surface area contributed by atoms with Gasteiger partial charge in [0.15, 0.2) is 0 Å². The first-order chi connectivity index (χ1) is 2.27. The van der Waals surface area contributed by atoms with Crippen molar-refractivity contribution in [2.45, 2.75) is 17.9 Å². The van der Waals surface area contributed by atoms with E-state index in [9.17, 15) is 0 Å². The van der Waals surface area contributed by atoms with E-state index in [1.54, 1.807) is 0 Å². The largest absolute Gasteiger partial charge is 1.00 e. The summed E-state index contributed by atoms with van der Waals surface area (Å²) in [6.07, 6.45) is 0.935. The van der Waals surface area contributed by atoms with Gasteiger partial charge in [0.05, 0.1) is 0 Å². The Kier molecular flexibility index (Phi) is 31.0. The van der Waals surface area contributed by atoms with Crippen molar-refractivity contribution in [2.75, 3.05) is 0 Å². The van der Waals surface area contributed by atoms with Gasteiger partial charge in [-0.05, 0) is 0 Å². The Morgan fingerprint density at radius 1 is 1.29 bits per heavy atom. The average Bonchev–Trinajstić information content (AvgIpc) is 1.38. The minimum absolute atomic E-state index is 0. The molecule has 0 rings (SSSR count). The van der Waals surface area contributed by atoms with Crippen LogP contribution in [0.2, 0.25) is 0 Å². The van der Waals surface area contributed by atoms with E-state index in [1.807, 2.05) is 6.92 Å². The Hall–Kier alpha value is 3.97. The molecule has 0 saturated carbocycles. The van der Waals surface area contributed by atoms with Crippen LogP contribution in [0.15, 0.2) is 0 Å². The smallest absolute Gasteiger partial charge is 0.815 e. The Labute approximate surface area is 142 Å². The maximum atomic E-state index is 4.59. The molecule has 0 heterocycles. The second kappa shape index (κ2) is 12.6. The molecule has 0 saturated heterocycles. The molecule has 0 fully saturated rings. The molecular weight excluding hydrogens is 178 g/mol. The molecule has 0 aliphatic rings. The van der Waals surface area contributed by atoms with E-state index in [-0.39, 0.29) is 107 Å². The minimum Gasteiger partial charge on any atom is -0.815 e. The van der Waals surface area contributed by atoms with E-state index >= 15 is 0 Å². The number of hydrogen-bond donors (Lipinski definition) is 0. The zero-order valence-corrected chi connectivity index (χ0v) is 13.0. The van der Waals surface area contributed by atoms with Crippen molar-refractivity contribution in [3.63, 3.8) is 0 Å². The van der Waals surface area contributed by atoms with Crippen molar-refractivity contribution in [1.82, 2.24) is 0 Å². The van der Waals surface area contributed by atoms with Crippen molar-refractivity contribution in [2.24, 2.45) is 0 Å². The molecule has 0 atom stereocenters. The topological polar surface area (TPSA) is 0 Å². The van der Waals surface area contributed by atoms with Crippen LogP contribution in [-0.4, -0.2) is 4.58 Å². The molecule has 7 heavy (non-hydrogen) atoms. The van der Waals surface area contributed by atoms with Gasteiger partial charge >= 0.3 is 103 Å². The minimum atomic E-state index is 0. The van der Waals surface area contributed by atoms with Crippen molar-refractivity contribution in [3.8, 4) is 0 Å². The van der Waals surface area contributed by atoms with E-state index in [0.29, 0.717) is 0 Å². The van der Waals surface area contributed by atoms with E-state index < -0.39 is 0 Å². The van der Waals surface area contributed by atoms with E-state index in [4.69, 9.17) is 0 Å². The van der Waals surface area contributed by atoms with Crippen LogP contribution >= 0.6 is 0 Å². The monoisotopic (exact) mass is 184 g/mol. The van der Waals surface area contributed by atoms with Gasteiger partial charge in [0.25, 0.3) is 0 Å². The molecule has 0 bridgehead atoms. The van der Waals surface area contributed by atoms with Gasteiger partial charge < -0.3 is 25.3 Å². The van der Waals surface area contributed by atoms with Gasteiger partial charge in [0.2, 0.25) is 0 Å². The second-order valence-electron chi connectivity index (χ2n) is 0.838. The van der Waals surface area contributed by atoms with E-state index in [1.165, 1.54) is 0 Å². The summed E-state index contributed by atoms with van der Waals surface area (Å²) >= 11 is 9.19. The molecule has 0 spiro atoms. The number of rotatable bonds is 1. The normalized spacial score (nSPS) is 6.86. The average molecular weight is 184 g/mol. The summed E-state index contributed by atoms with van der Waals surface area (Å²) < 4.78 is 0.0509. The zero-order chi connectivity index (χ0) is 4.28. The van der Waals surface area contributed by atoms with Crippen LogP contribution in [0.1, 0.15) is 13.3 Å². The van der Waals surface area contributed by atoms with Gasteiger partial charge in [0.1, 0.15) is 0 Å². The van der Waals surface area contributed by atoms with Gasteiger partial charge in [-0.2, -0.15) is 0 Å². The summed E-state index contributed by atoms with van der Waals surface area (Å²) in [6.45, 7) is 1.99. The van der Waals surface area contributed by atoms with Crippen molar-refractivity contribution >= 4 is 25.3 Å². The molecule has 0 aromatic heterocycles. The van der Waals surface area contributed by atoms with Crippen molar-refractivity contribution < 1.29 is 103 Å². The summed E-state index contributed by atoms with van der Waals surface area (Å²) in [5.41, 5.74) is 0. The van der Waals surface area contributed by atoms with Gasteiger partial charge in [-0.15, -0.1) is 0 Å². The Morgan fingerprint density at radius 2 is 1.43 bits per heavy atom. The van der Waals surface area contributed by atoms with Gasteiger partial charge in [0, 0.05) is 0 Å². The number of hydrogen-bond acceptors (Lipinski definition) is 2. The fraction of sp³-hybridized carbons (Fsp3) is 1.00. The predicted octanol–water partition coefficient (Wildman–Crippen LogP) is -5.18. The zero-order valence-electron chi connectivity index (χ0n) is 5.10. The molecule has 4 heteroatoms. The Morgan fingerprint density at radius 3 is 1.43 bits per heavy atom.